The Balaban J connectivity index is 1.93. The zero-order valence-corrected chi connectivity index (χ0v) is 12.9. The average Bonchev–Trinajstić information content (AvgIpc) is 2.92. The second-order valence-corrected chi connectivity index (χ2v) is 6.60. The summed E-state index contributed by atoms with van der Waals surface area (Å²) in [6, 6.07) is -0.398. The molecule has 0 aromatic carbocycles. The fraction of sp³-hybridized carbons (Fsp3) is 0.867. The van der Waals surface area contributed by atoms with E-state index in [9.17, 15) is 14.7 Å². The van der Waals surface area contributed by atoms with Crippen molar-refractivity contribution in [1.82, 2.24) is 10.6 Å². The molecule has 0 radical (unpaired) electrons. The van der Waals surface area contributed by atoms with Gasteiger partial charge in [-0.15, -0.1) is 0 Å². The second-order valence-electron chi connectivity index (χ2n) is 6.60. The van der Waals surface area contributed by atoms with Gasteiger partial charge in [-0.3, -0.25) is 0 Å². The number of urea groups is 1. The van der Waals surface area contributed by atoms with Gasteiger partial charge in [0, 0.05) is 18.6 Å². The third kappa shape index (κ3) is 3.87. The summed E-state index contributed by atoms with van der Waals surface area (Å²) in [4.78, 5) is 23.8. The van der Waals surface area contributed by atoms with Crippen LogP contribution in [-0.4, -0.2) is 41.9 Å². The van der Waals surface area contributed by atoms with Gasteiger partial charge in [-0.05, 0) is 32.1 Å². The molecule has 4 atom stereocenters. The Bertz CT molecular complexity index is 395. The van der Waals surface area contributed by atoms with Crippen LogP contribution in [0.15, 0.2) is 0 Å². The SMILES string of the molecule is CC1CCCC(NC(=O)NC(C)C2CCOC2)(C(=O)O)C1. The summed E-state index contributed by atoms with van der Waals surface area (Å²) in [5.41, 5.74) is -1.12. The van der Waals surface area contributed by atoms with Crippen LogP contribution in [0.25, 0.3) is 0 Å². The van der Waals surface area contributed by atoms with Gasteiger partial charge in [-0.2, -0.15) is 0 Å². The number of hydrogen-bond acceptors (Lipinski definition) is 3. The van der Waals surface area contributed by atoms with Crippen molar-refractivity contribution in [3.63, 3.8) is 0 Å². The molecule has 21 heavy (non-hydrogen) atoms. The van der Waals surface area contributed by atoms with Gasteiger partial charge in [0.05, 0.1) is 6.61 Å². The van der Waals surface area contributed by atoms with Gasteiger partial charge in [-0.25, -0.2) is 9.59 Å². The van der Waals surface area contributed by atoms with Crippen LogP contribution in [0.3, 0.4) is 0 Å². The second kappa shape index (κ2) is 6.64. The molecule has 1 aliphatic carbocycles. The van der Waals surface area contributed by atoms with Crippen LogP contribution in [0.4, 0.5) is 4.79 Å². The molecular weight excluding hydrogens is 272 g/mol. The highest BCUT2D eigenvalue weighted by molar-refractivity contribution is 5.86. The van der Waals surface area contributed by atoms with Crippen molar-refractivity contribution in [1.29, 1.82) is 0 Å². The van der Waals surface area contributed by atoms with Crippen LogP contribution in [0.5, 0.6) is 0 Å². The minimum atomic E-state index is -1.12. The van der Waals surface area contributed by atoms with Crippen molar-refractivity contribution < 1.29 is 19.4 Å². The number of amides is 2. The number of hydrogen-bond donors (Lipinski definition) is 3. The Hall–Kier alpha value is -1.30. The molecule has 2 amide bonds. The fourth-order valence-corrected chi connectivity index (χ4v) is 3.44. The molecule has 3 N–H and O–H groups in total. The topological polar surface area (TPSA) is 87.7 Å². The monoisotopic (exact) mass is 298 g/mol. The maximum atomic E-state index is 12.2. The van der Waals surface area contributed by atoms with E-state index < -0.39 is 11.5 Å². The summed E-state index contributed by atoms with van der Waals surface area (Å²) in [5, 5.41) is 15.1. The summed E-state index contributed by atoms with van der Waals surface area (Å²) in [5.74, 6) is -0.307. The first kappa shape index (κ1) is 16.1. The van der Waals surface area contributed by atoms with Gasteiger partial charge in [0.25, 0.3) is 0 Å². The van der Waals surface area contributed by atoms with Crippen LogP contribution >= 0.6 is 0 Å². The summed E-state index contributed by atoms with van der Waals surface area (Å²) >= 11 is 0. The number of aliphatic carboxylic acids is 1. The summed E-state index contributed by atoms with van der Waals surface area (Å²) in [7, 11) is 0. The van der Waals surface area contributed by atoms with Gasteiger partial charge >= 0.3 is 12.0 Å². The maximum Gasteiger partial charge on any atom is 0.329 e. The first-order valence-corrected chi connectivity index (χ1v) is 7.83. The highest BCUT2D eigenvalue weighted by Crippen LogP contribution is 2.32. The Kier molecular flexibility index (Phi) is 5.08. The van der Waals surface area contributed by atoms with E-state index in [2.05, 4.69) is 10.6 Å². The highest BCUT2D eigenvalue weighted by atomic mass is 16.5. The molecule has 2 aliphatic rings. The van der Waals surface area contributed by atoms with Crippen LogP contribution in [0, 0.1) is 11.8 Å². The smallest absolute Gasteiger partial charge is 0.329 e. The van der Waals surface area contributed by atoms with E-state index >= 15 is 0 Å². The summed E-state index contributed by atoms with van der Waals surface area (Å²) in [6.45, 7) is 5.36. The third-order valence-electron chi connectivity index (χ3n) is 4.79. The number of carbonyl (C=O) groups excluding carboxylic acids is 1. The van der Waals surface area contributed by atoms with Crippen LogP contribution < -0.4 is 10.6 Å². The van der Waals surface area contributed by atoms with Gasteiger partial charge in [-0.1, -0.05) is 19.8 Å². The molecule has 6 nitrogen and oxygen atoms in total. The molecule has 120 valence electrons. The van der Waals surface area contributed by atoms with Crippen molar-refractivity contribution in [2.24, 2.45) is 11.8 Å². The van der Waals surface area contributed by atoms with Gasteiger partial charge in [0.2, 0.25) is 0 Å². The van der Waals surface area contributed by atoms with E-state index in [4.69, 9.17) is 4.74 Å². The third-order valence-corrected chi connectivity index (χ3v) is 4.79. The van der Waals surface area contributed by atoms with Crippen LogP contribution in [-0.2, 0) is 9.53 Å². The first-order chi connectivity index (χ1) is 9.93. The molecule has 1 aliphatic heterocycles. The highest BCUT2D eigenvalue weighted by Gasteiger charge is 2.43. The number of nitrogens with one attached hydrogen (secondary N) is 2. The molecular formula is C15H26N2O4. The minimum Gasteiger partial charge on any atom is -0.480 e. The van der Waals surface area contributed by atoms with E-state index in [1.54, 1.807) is 0 Å². The molecule has 0 spiro atoms. The first-order valence-electron chi connectivity index (χ1n) is 7.83. The predicted octanol–water partition coefficient (Wildman–Crippen LogP) is 1.74. The lowest BCUT2D eigenvalue weighted by atomic mass is 9.76. The van der Waals surface area contributed by atoms with Gasteiger partial charge in [0.1, 0.15) is 5.54 Å². The number of rotatable bonds is 4. The molecule has 0 bridgehead atoms. The Morgan fingerprint density at radius 2 is 2.14 bits per heavy atom. The quantitative estimate of drug-likeness (QED) is 0.738. The van der Waals surface area contributed by atoms with E-state index in [0.29, 0.717) is 31.3 Å². The molecule has 0 aromatic heterocycles. The number of ether oxygens (including phenoxy) is 1. The number of carbonyl (C=O) groups is 2. The lowest BCUT2D eigenvalue weighted by molar-refractivity contribution is -0.146. The molecule has 2 rings (SSSR count). The van der Waals surface area contributed by atoms with Crippen molar-refractivity contribution in [3.8, 4) is 0 Å². The fourth-order valence-electron chi connectivity index (χ4n) is 3.44. The van der Waals surface area contributed by atoms with Gasteiger partial charge < -0.3 is 20.5 Å². The predicted molar refractivity (Wildman–Crippen MR) is 78.1 cm³/mol. The molecule has 2 fully saturated rings. The Labute approximate surface area is 125 Å². The minimum absolute atomic E-state index is 0.0145. The van der Waals surface area contributed by atoms with E-state index in [1.165, 1.54) is 0 Å². The van der Waals surface area contributed by atoms with E-state index in [1.807, 2.05) is 13.8 Å². The van der Waals surface area contributed by atoms with Crippen LogP contribution in [0.2, 0.25) is 0 Å². The molecule has 0 aromatic rings. The van der Waals surface area contributed by atoms with E-state index in [-0.39, 0.29) is 12.1 Å². The summed E-state index contributed by atoms with van der Waals surface area (Å²) in [6.07, 6.45) is 3.79. The lowest BCUT2D eigenvalue weighted by Gasteiger charge is -2.37. The Morgan fingerprint density at radius 3 is 2.71 bits per heavy atom. The summed E-state index contributed by atoms with van der Waals surface area (Å²) < 4.78 is 5.32. The zero-order chi connectivity index (χ0) is 15.5. The zero-order valence-electron chi connectivity index (χ0n) is 12.9. The average molecular weight is 298 g/mol. The Morgan fingerprint density at radius 1 is 1.38 bits per heavy atom. The number of carboxylic acids is 1. The lowest BCUT2D eigenvalue weighted by Crippen LogP contribution is -2.60. The van der Waals surface area contributed by atoms with Crippen molar-refractivity contribution >= 4 is 12.0 Å². The largest absolute Gasteiger partial charge is 0.480 e. The molecule has 1 saturated heterocycles. The van der Waals surface area contributed by atoms with E-state index in [0.717, 1.165) is 25.9 Å². The van der Waals surface area contributed by atoms with Gasteiger partial charge in [0.15, 0.2) is 0 Å². The van der Waals surface area contributed by atoms with Crippen molar-refractivity contribution in [2.45, 2.75) is 57.5 Å². The van der Waals surface area contributed by atoms with Crippen molar-refractivity contribution in [3.05, 3.63) is 0 Å². The molecule has 1 heterocycles. The number of carboxylic acid groups (broad SMARTS) is 1. The molecule has 4 unspecified atom stereocenters. The standard InChI is InChI=1S/C15H26N2O4/c1-10-4-3-6-15(8-10,13(18)19)17-14(20)16-11(2)12-5-7-21-9-12/h10-12H,3-9H2,1-2H3,(H,18,19)(H2,16,17,20). The molecule has 6 heteroatoms. The van der Waals surface area contributed by atoms with Crippen molar-refractivity contribution in [2.75, 3.05) is 13.2 Å². The maximum absolute atomic E-state index is 12.2. The van der Waals surface area contributed by atoms with Crippen LogP contribution in [0.1, 0.15) is 46.0 Å². The molecule has 1 saturated carbocycles. The normalized spacial score (nSPS) is 34.2.